The molecule has 0 bridgehead atoms. The first kappa shape index (κ1) is 21.6. The van der Waals surface area contributed by atoms with Gasteiger partial charge in [-0.15, -0.1) is 0 Å². The molecule has 0 amide bonds. The molecule has 0 saturated carbocycles. The molecule has 1 unspecified atom stereocenters. The number of ether oxygens (including phenoxy) is 3. The number of rotatable bonds is 6. The van der Waals surface area contributed by atoms with Gasteiger partial charge in [0.05, 0.1) is 32.4 Å². The van der Waals surface area contributed by atoms with Crippen molar-refractivity contribution >= 4 is 29.0 Å². The predicted octanol–water partition coefficient (Wildman–Crippen LogP) is 4.29. The maximum atomic E-state index is 13.0. The van der Waals surface area contributed by atoms with Crippen LogP contribution in [0.25, 0.3) is 0 Å². The van der Waals surface area contributed by atoms with E-state index in [0.717, 1.165) is 16.8 Å². The summed E-state index contributed by atoms with van der Waals surface area (Å²) in [6, 6.07) is 12.9. The zero-order valence-corrected chi connectivity index (χ0v) is 18.6. The third-order valence-corrected chi connectivity index (χ3v) is 5.29. The zero-order chi connectivity index (χ0) is 21.8. The molecule has 0 fully saturated rings. The maximum Gasteiger partial charge on any atom is 0.338 e. The summed E-state index contributed by atoms with van der Waals surface area (Å²) >= 11 is 5.70. The van der Waals surface area contributed by atoms with Gasteiger partial charge in [0.1, 0.15) is 11.5 Å². The van der Waals surface area contributed by atoms with Gasteiger partial charge < -0.3 is 19.5 Å². The second-order valence-electron chi connectivity index (χ2n) is 6.88. The first-order valence-electron chi connectivity index (χ1n) is 9.68. The Morgan fingerprint density at radius 1 is 1.13 bits per heavy atom. The van der Waals surface area contributed by atoms with Gasteiger partial charge in [-0.3, -0.25) is 4.90 Å². The molecule has 30 heavy (non-hydrogen) atoms. The lowest BCUT2D eigenvalue weighted by Gasteiger charge is -2.38. The number of esters is 1. The number of allylic oxidation sites excluding steroid dienone is 1. The summed E-state index contributed by atoms with van der Waals surface area (Å²) in [5.74, 6) is 0.854. The number of anilines is 1. The fraction of sp³-hybridized carbons (Fsp3) is 0.304. The van der Waals surface area contributed by atoms with E-state index in [4.69, 9.17) is 26.4 Å². The van der Waals surface area contributed by atoms with E-state index in [0.29, 0.717) is 27.9 Å². The Morgan fingerprint density at radius 2 is 1.90 bits per heavy atom. The summed E-state index contributed by atoms with van der Waals surface area (Å²) in [6.45, 7) is 5.96. The molecule has 7 heteroatoms. The number of nitrogens with zero attached hydrogens (tertiary/aromatic N) is 1. The molecule has 0 aliphatic carbocycles. The minimum atomic E-state index is -0.515. The minimum absolute atomic E-state index is 0.275. The number of nitrogens with one attached hydrogen (secondary N) is 1. The summed E-state index contributed by atoms with van der Waals surface area (Å²) in [5.41, 5.74) is 3.94. The summed E-state index contributed by atoms with van der Waals surface area (Å²) in [4.78, 5) is 14.9. The predicted molar refractivity (Wildman–Crippen MR) is 121 cm³/mol. The van der Waals surface area contributed by atoms with Crippen molar-refractivity contribution in [2.24, 2.45) is 0 Å². The van der Waals surface area contributed by atoms with Crippen LogP contribution in [0.5, 0.6) is 11.5 Å². The molecule has 1 N–H and O–H groups in total. The highest BCUT2D eigenvalue weighted by molar-refractivity contribution is 7.80. The molecule has 2 aromatic carbocycles. The normalized spacial score (nSPS) is 16.2. The van der Waals surface area contributed by atoms with Crippen LogP contribution in [0.2, 0.25) is 0 Å². The molecule has 1 atom stereocenters. The van der Waals surface area contributed by atoms with Crippen molar-refractivity contribution in [3.63, 3.8) is 0 Å². The first-order chi connectivity index (χ1) is 14.4. The number of thiocarbonyl (C=S) groups is 1. The smallest absolute Gasteiger partial charge is 0.338 e. The first-order valence-corrected chi connectivity index (χ1v) is 10.1. The second kappa shape index (κ2) is 9.17. The Kier molecular flexibility index (Phi) is 6.62. The molecular formula is C23H26N2O4S. The number of hydrogen-bond acceptors (Lipinski definition) is 5. The van der Waals surface area contributed by atoms with E-state index in [1.54, 1.807) is 27.2 Å². The van der Waals surface area contributed by atoms with Crippen LogP contribution < -0.4 is 19.7 Å². The van der Waals surface area contributed by atoms with Gasteiger partial charge >= 0.3 is 5.97 Å². The molecule has 1 aliphatic heterocycles. The lowest BCUT2D eigenvalue weighted by molar-refractivity contribution is -0.139. The Bertz CT molecular complexity index is 1000. The molecule has 158 valence electrons. The topological polar surface area (TPSA) is 60.0 Å². The number of methoxy groups -OCH3 is 2. The third-order valence-electron chi connectivity index (χ3n) is 4.99. The van der Waals surface area contributed by atoms with Crippen molar-refractivity contribution in [3.05, 3.63) is 64.9 Å². The molecule has 1 heterocycles. The van der Waals surface area contributed by atoms with Gasteiger partial charge in [-0.05, 0) is 62.8 Å². The largest absolute Gasteiger partial charge is 0.497 e. The monoisotopic (exact) mass is 426 g/mol. The van der Waals surface area contributed by atoms with Crippen molar-refractivity contribution in [2.45, 2.75) is 26.8 Å². The highest BCUT2D eigenvalue weighted by atomic mass is 32.1. The van der Waals surface area contributed by atoms with Crippen LogP contribution in [0, 0.1) is 6.92 Å². The Balaban J connectivity index is 2.17. The van der Waals surface area contributed by atoms with E-state index < -0.39 is 12.0 Å². The summed E-state index contributed by atoms with van der Waals surface area (Å²) in [7, 11) is 3.18. The van der Waals surface area contributed by atoms with Crippen LogP contribution in [0.15, 0.2) is 53.7 Å². The highest BCUT2D eigenvalue weighted by Gasteiger charge is 2.36. The summed E-state index contributed by atoms with van der Waals surface area (Å²) in [6.07, 6.45) is 0. The van der Waals surface area contributed by atoms with Gasteiger partial charge in [0, 0.05) is 23.0 Å². The molecule has 0 radical (unpaired) electrons. The van der Waals surface area contributed by atoms with Crippen molar-refractivity contribution in [2.75, 3.05) is 25.7 Å². The number of carbonyl (C=O) groups is 1. The summed E-state index contributed by atoms with van der Waals surface area (Å²) in [5, 5.41) is 3.81. The highest BCUT2D eigenvalue weighted by Crippen LogP contribution is 2.39. The van der Waals surface area contributed by atoms with Crippen LogP contribution in [0.3, 0.4) is 0 Å². The van der Waals surface area contributed by atoms with Gasteiger partial charge in [-0.2, -0.15) is 0 Å². The van der Waals surface area contributed by atoms with Crippen LogP contribution in [-0.4, -0.2) is 31.9 Å². The van der Waals surface area contributed by atoms with E-state index in [1.165, 1.54) is 0 Å². The molecule has 6 nitrogen and oxygen atoms in total. The van der Waals surface area contributed by atoms with Crippen LogP contribution in [0.1, 0.15) is 31.0 Å². The van der Waals surface area contributed by atoms with Crippen molar-refractivity contribution in [3.8, 4) is 11.5 Å². The molecule has 0 aromatic heterocycles. The molecule has 0 spiro atoms. The quantitative estimate of drug-likeness (QED) is 0.546. The molecule has 1 aliphatic rings. The minimum Gasteiger partial charge on any atom is -0.497 e. The Labute approximate surface area is 182 Å². The fourth-order valence-corrected chi connectivity index (χ4v) is 3.94. The number of carbonyl (C=O) groups excluding carboxylic acids is 1. The van der Waals surface area contributed by atoms with E-state index in [-0.39, 0.29) is 6.61 Å². The van der Waals surface area contributed by atoms with Crippen molar-refractivity contribution in [1.82, 2.24) is 5.32 Å². The van der Waals surface area contributed by atoms with Crippen molar-refractivity contribution < 1.29 is 19.0 Å². The molecule has 0 saturated heterocycles. The second-order valence-corrected chi connectivity index (χ2v) is 7.27. The Morgan fingerprint density at radius 3 is 2.53 bits per heavy atom. The molecular weight excluding hydrogens is 400 g/mol. The average molecular weight is 427 g/mol. The molecule has 3 rings (SSSR count). The van der Waals surface area contributed by atoms with E-state index in [1.807, 2.05) is 55.1 Å². The van der Waals surface area contributed by atoms with E-state index in [9.17, 15) is 4.79 Å². The lowest BCUT2D eigenvalue weighted by atomic mass is 9.93. The van der Waals surface area contributed by atoms with Gasteiger partial charge in [-0.25, -0.2) is 4.79 Å². The third kappa shape index (κ3) is 4.11. The van der Waals surface area contributed by atoms with Gasteiger partial charge in [-0.1, -0.05) is 12.1 Å². The lowest BCUT2D eigenvalue weighted by Crippen LogP contribution is -2.48. The van der Waals surface area contributed by atoms with Crippen LogP contribution >= 0.6 is 12.2 Å². The number of hydrogen-bond donors (Lipinski definition) is 1. The molecule has 2 aromatic rings. The van der Waals surface area contributed by atoms with Gasteiger partial charge in [0.2, 0.25) is 0 Å². The van der Waals surface area contributed by atoms with Gasteiger partial charge in [0.25, 0.3) is 0 Å². The van der Waals surface area contributed by atoms with Gasteiger partial charge in [0.15, 0.2) is 5.11 Å². The van der Waals surface area contributed by atoms with Crippen LogP contribution in [-0.2, 0) is 9.53 Å². The Hall–Kier alpha value is -3.06. The number of benzene rings is 2. The summed E-state index contributed by atoms with van der Waals surface area (Å²) < 4.78 is 16.3. The number of aryl methyl sites for hydroxylation is 1. The van der Waals surface area contributed by atoms with E-state index >= 15 is 0 Å². The maximum absolute atomic E-state index is 13.0. The van der Waals surface area contributed by atoms with Crippen LogP contribution in [0.4, 0.5) is 5.69 Å². The average Bonchev–Trinajstić information content (AvgIpc) is 2.73. The zero-order valence-electron chi connectivity index (χ0n) is 17.8. The SMILES string of the molecule is CCOC(=O)C1=C(C)N(c2cccc(C)c2)C(=S)NC1c1ccc(OC)cc1OC. The fourth-order valence-electron chi connectivity index (χ4n) is 3.58. The van der Waals surface area contributed by atoms with Crippen molar-refractivity contribution in [1.29, 1.82) is 0 Å². The standard InChI is InChI=1S/C23H26N2O4S/c1-6-29-22(26)20-15(3)25(16-9-7-8-14(2)12-16)23(30)24-21(20)18-11-10-17(27-4)13-19(18)28-5/h7-13,21H,6H2,1-5H3,(H,24,30). The van der Waals surface area contributed by atoms with E-state index in [2.05, 4.69) is 5.32 Å².